The molecule has 2 rings (SSSR count). The Morgan fingerprint density at radius 2 is 2.12 bits per heavy atom. The van der Waals surface area contributed by atoms with Crippen LogP contribution in [-0.4, -0.2) is 21.4 Å². The molecule has 0 aromatic heterocycles. The fraction of sp³-hybridized carbons (Fsp3) is 0.462. The van der Waals surface area contributed by atoms with Gasteiger partial charge in [0.25, 0.3) is 0 Å². The van der Waals surface area contributed by atoms with Crippen LogP contribution in [0.3, 0.4) is 0 Å². The van der Waals surface area contributed by atoms with Gasteiger partial charge in [-0.1, -0.05) is 52.9 Å². The molecule has 0 radical (unpaired) electrons. The average Bonchev–Trinajstić information content (AvgIpc) is 2.55. The molecule has 3 unspecified atom stereocenters. The quantitative estimate of drug-likeness (QED) is 0.617. The molecule has 2 nitrogen and oxygen atoms in total. The minimum absolute atomic E-state index is 0.171. The number of nitriles is 1. The van der Waals surface area contributed by atoms with Crippen LogP contribution < -0.4 is 0 Å². The average molecular weight is 326 g/mol. The van der Waals surface area contributed by atoms with E-state index in [1.165, 1.54) is 5.56 Å². The fourth-order valence-corrected chi connectivity index (χ4v) is 3.52. The van der Waals surface area contributed by atoms with Crippen molar-refractivity contribution in [3.8, 4) is 6.07 Å². The van der Waals surface area contributed by atoms with Crippen LogP contribution in [0.2, 0.25) is 0 Å². The van der Waals surface area contributed by atoms with Gasteiger partial charge in [0, 0.05) is 23.1 Å². The lowest BCUT2D eigenvalue weighted by Gasteiger charge is -2.21. The van der Waals surface area contributed by atoms with Crippen LogP contribution in [0.25, 0.3) is 0 Å². The van der Waals surface area contributed by atoms with E-state index in [1.807, 2.05) is 6.07 Å². The van der Waals surface area contributed by atoms with E-state index in [0.29, 0.717) is 9.97 Å². The molecule has 16 heavy (non-hydrogen) atoms. The zero-order valence-electron chi connectivity index (χ0n) is 9.31. The van der Waals surface area contributed by atoms with Crippen molar-refractivity contribution >= 4 is 22.6 Å². The van der Waals surface area contributed by atoms with Gasteiger partial charge in [-0.25, -0.2) is 0 Å². The Hall–Kier alpha value is -0.600. The normalized spacial score (nSPS) is 30.2. The molecular weight excluding hydrogens is 311 g/mol. The molecule has 0 saturated carbocycles. The highest BCUT2D eigenvalue weighted by Crippen LogP contribution is 2.30. The first-order valence-electron chi connectivity index (χ1n) is 5.54. The number of hydrogen-bond acceptors (Lipinski definition) is 2. The number of nitrogens with zero attached hydrogens (tertiary/aromatic N) is 2. The first-order valence-corrected chi connectivity index (χ1v) is 6.78. The summed E-state index contributed by atoms with van der Waals surface area (Å²) in [4.78, 5) is 2.40. The second-order valence-corrected chi connectivity index (χ2v) is 5.93. The lowest BCUT2D eigenvalue weighted by Crippen LogP contribution is -2.29. The van der Waals surface area contributed by atoms with Crippen molar-refractivity contribution in [2.24, 2.45) is 5.92 Å². The topological polar surface area (TPSA) is 27.0 Å². The van der Waals surface area contributed by atoms with Gasteiger partial charge in [-0.3, -0.25) is 4.90 Å². The van der Waals surface area contributed by atoms with Crippen molar-refractivity contribution in [1.82, 2.24) is 4.90 Å². The zero-order valence-corrected chi connectivity index (χ0v) is 11.5. The standard InChI is InChI=1S/C13H15IN2/c1-10-12(7-15)13(14)9-16(10)8-11-5-3-2-4-6-11/h2-6,10,12-13H,8-9H2,1H3. The maximum absolute atomic E-state index is 9.11. The van der Waals surface area contributed by atoms with E-state index < -0.39 is 0 Å². The smallest absolute Gasteiger partial charge is 0.0746 e. The lowest BCUT2D eigenvalue weighted by atomic mass is 10.0. The Morgan fingerprint density at radius 1 is 1.44 bits per heavy atom. The van der Waals surface area contributed by atoms with Crippen LogP contribution in [-0.2, 0) is 6.54 Å². The number of benzene rings is 1. The number of halogens is 1. The molecule has 1 aliphatic heterocycles. The minimum atomic E-state index is 0.171. The van der Waals surface area contributed by atoms with E-state index in [-0.39, 0.29) is 5.92 Å². The van der Waals surface area contributed by atoms with E-state index in [0.717, 1.165) is 13.1 Å². The van der Waals surface area contributed by atoms with Crippen molar-refractivity contribution < 1.29 is 0 Å². The molecule has 1 saturated heterocycles. The van der Waals surface area contributed by atoms with Crippen molar-refractivity contribution in [3.63, 3.8) is 0 Å². The van der Waals surface area contributed by atoms with Crippen molar-refractivity contribution in [2.45, 2.75) is 23.4 Å². The summed E-state index contributed by atoms with van der Waals surface area (Å²) >= 11 is 2.40. The Bertz CT molecular complexity index is 385. The molecule has 1 aromatic rings. The second-order valence-electron chi connectivity index (χ2n) is 4.33. The molecule has 0 aliphatic carbocycles. The Balaban J connectivity index is 2.05. The third-order valence-electron chi connectivity index (χ3n) is 3.27. The summed E-state index contributed by atoms with van der Waals surface area (Å²) in [5.41, 5.74) is 1.33. The van der Waals surface area contributed by atoms with Crippen LogP contribution in [0.4, 0.5) is 0 Å². The summed E-state index contributed by atoms with van der Waals surface area (Å²) in [5.74, 6) is 0.171. The van der Waals surface area contributed by atoms with Gasteiger partial charge in [0.15, 0.2) is 0 Å². The van der Waals surface area contributed by atoms with Crippen LogP contribution in [0.15, 0.2) is 30.3 Å². The van der Waals surface area contributed by atoms with E-state index in [2.05, 4.69) is 64.7 Å². The van der Waals surface area contributed by atoms with Gasteiger partial charge in [-0.05, 0) is 12.5 Å². The van der Waals surface area contributed by atoms with Gasteiger partial charge in [0.05, 0.1) is 12.0 Å². The molecular formula is C13H15IN2. The molecule has 0 spiro atoms. The van der Waals surface area contributed by atoms with Crippen LogP contribution in [0.5, 0.6) is 0 Å². The van der Waals surface area contributed by atoms with Gasteiger partial charge in [0.2, 0.25) is 0 Å². The highest BCUT2D eigenvalue weighted by Gasteiger charge is 2.37. The Labute approximate surface area is 110 Å². The highest BCUT2D eigenvalue weighted by atomic mass is 127. The van der Waals surface area contributed by atoms with Crippen LogP contribution in [0.1, 0.15) is 12.5 Å². The molecule has 0 bridgehead atoms. The molecule has 1 heterocycles. The second kappa shape index (κ2) is 5.15. The molecule has 0 amide bonds. The SMILES string of the molecule is CC1C(C#N)C(I)CN1Cc1ccccc1. The third kappa shape index (κ3) is 2.38. The minimum Gasteiger partial charge on any atom is -0.294 e. The summed E-state index contributed by atoms with van der Waals surface area (Å²) in [6.45, 7) is 4.14. The maximum Gasteiger partial charge on any atom is 0.0746 e. The molecule has 1 fully saturated rings. The Morgan fingerprint density at radius 3 is 2.69 bits per heavy atom. The first-order chi connectivity index (χ1) is 7.72. The summed E-state index contributed by atoms with van der Waals surface area (Å²) < 4.78 is 0.460. The van der Waals surface area contributed by atoms with Crippen molar-refractivity contribution in [3.05, 3.63) is 35.9 Å². The van der Waals surface area contributed by atoms with E-state index in [9.17, 15) is 0 Å². The van der Waals surface area contributed by atoms with Gasteiger partial charge >= 0.3 is 0 Å². The number of alkyl halides is 1. The highest BCUT2D eigenvalue weighted by molar-refractivity contribution is 14.1. The number of hydrogen-bond donors (Lipinski definition) is 0. The number of likely N-dealkylation sites (tertiary alicyclic amines) is 1. The predicted octanol–water partition coefficient (Wildman–Crippen LogP) is 2.83. The zero-order chi connectivity index (χ0) is 11.5. The molecule has 3 heteroatoms. The molecule has 1 aromatic carbocycles. The largest absolute Gasteiger partial charge is 0.294 e. The monoisotopic (exact) mass is 326 g/mol. The van der Waals surface area contributed by atoms with Crippen LogP contribution in [0, 0.1) is 17.2 Å². The van der Waals surface area contributed by atoms with Crippen LogP contribution >= 0.6 is 22.6 Å². The molecule has 3 atom stereocenters. The van der Waals surface area contributed by atoms with Crippen molar-refractivity contribution in [2.75, 3.05) is 6.54 Å². The van der Waals surface area contributed by atoms with Crippen molar-refractivity contribution in [1.29, 1.82) is 5.26 Å². The third-order valence-corrected chi connectivity index (χ3v) is 4.44. The predicted molar refractivity (Wildman–Crippen MR) is 73.2 cm³/mol. The van der Waals surface area contributed by atoms with Gasteiger partial charge in [0.1, 0.15) is 0 Å². The molecule has 0 N–H and O–H groups in total. The summed E-state index contributed by atoms with van der Waals surface area (Å²) in [6, 6.07) is 13.3. The summed E-state index contributed by atoms with van der Waals surface area (Å²) in [5, 5.41) is 9.11. The maximum atomic E-state index is 9.11. The van der Waals surface area contributed by atoms with E-state index in [4.69, 9.17) is 5.26 Å². The molecule has 84 valence electrons. The first kappa shape index (κ1) is 11.9. The van der Waals surface area contributed by atoms with Gasteiger partial charge in [-0.15, -0.1) is 0 Å². The Kier molecular flexibility index (Phi) is 3.82. The summed E-state index contributed by atoms with van der Waals surface area (Å²) in [6.07, 6.45) is 0. The lowest BCUT2D eigenvalue weighted by molar-refractivity contribution is 0.248. The fourth-order valence-electron chi connectivity index (χ4n) is 2.25. The van der Waals surface area contributed by atoms with E-state index in [1.54, 1.807) is 0 Å². The molecule has 1 aliphatic rings. The van der Waals surface area contributed by atoms with Gasteiger partial charge < -0.3 is 0 Å². The number of rotatable bonds is 2. The van der Waals surface area contributed by atoms with Gasteiger partial charge in [-0.2, -0.15) is 5.26 Å². The summed E-state index contributed by atoms with van der Waals surface area (Å²) in [7, 11) is 0. The van der Waals surface area contributed by atoms with E-state index >= 15 is 0 Å².